The zero-order valence-corrected chi connectivity index (χ0v) is 12.8. The third kappa shape index (κ3) is 4.99. The van der Waals surface area contributed by atoms with Gasteiger partial charge in [-0.05, 0) is 30.7 Å². The number of rotatable bonds is 6. The van der Waals surface area contributed by atoms with Gasteiger partial charge in [-0.25, -0.2) is 0 Å². The summed E-state index contributed by atoms with van der Waals surface area (Å²) in [6, 6.07) is 8.19. The van der Waals surface area contributed by atoms with E-state index >= 15 is 0 Å². The molecule has 2 rings (SSSR count). The van der Waals surface area contributed by atoms with Crippen LogP contribution in [0.2, 0.25) is 0 Å². The monoisotopic (exact) mass is 288 g/mol. The van der Waals surface area contributed by atoms with Gasteiger partial charge in [-0.15, -0.1) is 0 Å². The van der Waals surface area contributed by atoms with Gasteiger partial charge in [0.05, 0.1) is 7.11 Å². The Balaban J connectivity index is 1.79. The first-order valence-corrected chi connectivity index (χ1v) is 7.49. The Morgan fingerprint density at radius 1 is 1.43 bits per heavy atom. The van der Waals surface area contributed by atoms with Crippen LogP contribution in [0, 0.1) is 0 Å². The van der Waals surface area contributed by atoms with E-state index in [1.807, 2.05) is 30.3 Å². The summed E-state index contributed by atoms with van der Waals surface area (Å²) in [4.78, 5) is 14.3. The highest BCUT2D eigenvalue weighted by Crippen LogP contribution is 2.12. The molecule has 4 heteroatoms. The second-order valence-corrected chi connectivity index (χ2v) is 5.41. The number of benzene rings is 1. The molecule has 4 nitrogen and oxygen atoms in total. The Kier molecular flexibility index (Phi) is 5.96. The molecule has 0 bridgehead atoms. The van der Waals surface area contributed by atoms with Crippen molar-refractivity contribution >= 4 is 11.9 Å². The van der Waals surface area contributed by atoms with Crippen LogP contribution in [0.15, 0.2) is 30.3 Å². The van der Waals surface area contributed by atoms with Gasteiger partial charge in [0.15, 0.2) is 5.78 Å². The van der Waals surface area contributed by atoms with Crippen LogP contribution in [0.1, 0.15) is 18.9 Å². The maximum Gasteiger partial charge on any atom is 0.156 e. The highest BCUT2D eigenvalue weighted by Gasteiger charge is 2.17. The van der Waals surface area contributed by atoms with Crippen LogP contribution in [0.3, 0.4) is 0 Å². The molecule has 0 radical (unpaired) electrons. The van der Waals surface area contributed by atoms with Crippen LogP contribution in [0.5, 0.6) is 5.75 Å². The van der Waals surface area contributed by atoms with Crippen molar-refractivity contribution in [3.05, 3.63) is 35.9 Å². The minimum Gasteiger partial charge on any atom is -0.497 e. The zero-order valence-electron chi connectivity index (χ0n) is 12.8. The second-order valence-electron chi connectivity index (χ2n) is 5.41. The average molecular weight is 288 g/mol. The van der Waals surface area contributed by atoms with Gasteiger partial charge in [-0.2, -0.15) is 0 Å². The number of allylic oxidation sites excluding steroid dienone is 1. The normalized spacial score (nSPS) is 19.8. The van der Waals surface area contributed by atoms with E-state index in [9.17, 15) is 4.79 Å². The fourth-order valence-corrected chi connectivity index (χ4v) is 2.46. The first-order valence-electron chi connectivity index (χ1n) is 7.49. The Hall–Kier alpha value is -1.65. The van der Waals surface area contributed by atoms with Crippen molar-refractivity contribution in [1.29, 1.82) is 0 Å². The van der Waals surface area contributed by atoms with Gasteiger partial charge in [0.2, 0.25) is 0 Å². The smallest absolute Gasteiger partial charge is 0.156 e. The number of nitrogens with one attached hydrogen (secondary N) is 1. The molecule has 1 aliphatic rings. The lowest BCUT2D eigenvalue weighted by atomic mass is 10.1. The van der Waals surface area contributed by atoms with Crippen LogP contribution in [0.25, 0.3) is 6.08 Å². The Labute approximate surface area is 126 Å². The molecule has 0 aliphatic carbocycles. The molecule has 21 heavy (non-hydrogen) atoms. The number of nitrogens with zero attached hydrogens (tertiary/aromatic N) is 1. The van der Waals surface area contributed by atoms with E-state index in [-0.39, 0.29) is 5.78 Å². The average Bonchev–Trinajstić information content (AvgIpc) is 2.52. The second kappa shape index (κ2) is 7.96. The van der Waals surface area contributed by atoms with E-state index in [4.69, 9.17) is 4.74 Å². The van der Waals surface area contributed by atoms with Gasteiger partial charge < -0.3 is 10.1 Å². The fraction of sp³-hybridized carbons (Fsp3) is 0.471. The van der Waals surface area contributed by atoms with Gasteiger partial charge in [0.25, 0.3) is 0 Å². The number of piperazine rings is 1. The lowest BCUT2D eigenvalue weighted by Crippen LogP contribution is -2.50. The van der Waals surface area contributed by atoms with Crippen molar-refractivity contribution in [1.82, 2.24) is 10.2 Å². The maximum atomic E-state index is 11.9. The SMILES string of the molecule is COc1ccc(C=CC(=O)CCN2CCNCC2C)cc1. The first-order chi connectivity index (χ1) is 10.2. The molecule has 1 fully saturated rings. The van der Waals surface area contributed by atoms with E-state index in [1.165, 1.54) is 0 Å². The van der Waals surface area contributed by atoms with Crippen molar-refractivity contribution in [3.8, 4) is 5.75 Å². The topological polar surface area (TPSA) is 41.6 Å². The minimum absolute atomic E-state index is 0.177. The Bertz CT molecular complexity index is 482. The lowest BCUT2D eigenvalue weighted by Gasteiger charge is -2.33. The zero-order chi connectivity index (χ0) is 15.1. The predicted molar refractivity (Wildman–Crippen MR) is 85.6 cm³/mol. The number of hydrogen-bond donors (Lipinski definition) is 1. The molecule has 0 amide bonds. The Morgan fingerprint density at radius 3 is 2.86 bits per heavy atom. The third-order valence-corrected chi connectivity index (χ3v) is 3.86. The molecule has 0 spiro atoms. The summed E-state index contributed by atoms with van der Waals surface area (Å²) >= 11 is 0. The quantitative estimate of drug-likeness (QED) is 0.813. The molecule has 1 aromatic carbocycles. The van der Waals surface area contributed by atoms with Crippen LogP contribution >= 0.6 is 0 Å². The molecule has 1 aromatic rings. The molecule has 1 saturated heterocycles. The first kappa shape index (κ1) is 15.7. The summed E-state index contributed by atoms with van der Waals surface area (Å²) < 4.78 is 5.11. The van der Waals surface area contributed by atoms with Crippen LogP contribution in [-0.2, 0) is 4.79 Å². The standard InChI is InChI=1S/C17H24N2O2/c1-14-13-18-10-12-19(14)11-9-16(20)6-3-15-4-7-17(21-2)8-5-15/h3-8,14,18H,9-13H2,1-2H3. The summed E-state index contributed by atoms with van der Waals surface area (Å²) in [5, 5.41) is 3.36. The molecular formula is C17H24N2O2. The van der Waals surface area contributed by atoms with E-state index in [0.717, 1.165) is 37.5 Å². The molecular weight excluding hydrogens is 264 g/mol. The van der Waals surface area contributed by atoms with E-state index in [2.05, 4.69) is 17.1 Å². The van der Waals surface area contributed by atoms with Crippen molar-refractivity contribution in [2.24, 2.45) is 0 Å². The molecule has 1 aliphatic heterocycles. The third-order valence-electron chi connectivity index (χ3n) is 3.86. The van der Waals surface area contributed by atoms with Gasteiger partial charge in [-0.3, -0.25) is 9.69 Å². The van der Waals surface area contributed by atoms with Gasteiger partial charge >= 0.3 is 0 Å². The molecule has 0 aromatic heterocycles. The van der Waals surface area contributed by atoms with Gasteiger partial charge in [-0.1, -0.05) is 18.2 Å². The number of ketones is 1. The molecule has 114 valence electrons. The number of ether oxygens (including phenoxy) is 1. The maximum absolute atomic E-state index is 11.9. The number of carbonyl (C=O) groups is 1. The fourth-order valence-electron chi connectivity index (χ4n) is 2.46. The van der Waals surface area contributed by atoms with Crippen molar-refractivity contribution in [3.63, 3.8) is 0 Å². The molecule has 0 saturated carbocycles. The molecule has 1 heterocycles. The van der Waals surface area contributed by atoms with Crippen LogP contribution in [0.4, 0.5) is 0 Å². The summed E-state index contributed by atoms with van der Waals surface area (Å²) in [7, 11) is 1.64. The molecule has 1 unspecified atom stereocenters. The van der Waals surface area contributed by atoms with Crippen LogP contribution < -0.4 is 10.1 Å². The summed E-state index contributed by atoms with van der Waals surface area (Å²) in [5.74, 6) is 1.00. The van der Waals surface area contributed by atoms with E-state index in [1.54, 1.807) is 13.2 Å². The van der Waals surface area contributed by atoms with Crippen molar-refractivity contribution in [2.75, 3.05) is 33.3 Å². The summed E-state index contributed by atoms with van der Waals surface area (Å²) in [5.41, 5.74) is 1.01. The Morgan fingerprint density at radius 2 is 2.19 bits per heavy atom. The minimum atomic E-state index is 0.177. The number of carbonyl (C=O) groups excluding carboxylic acids is 1. The summed E-state index contributed by atoms with van der Waals surface area (Å²) in [6.45, 7) is 6.09. The van der Waals surface area contributed by atoms with Gasteiger partial charge in [0.1, 0.15) is 5.75 Å². The van der Waals surface area contributed by atoms with Crippen molar-refractivity contribution in [2.45, 2.75) is 19.4 Å². The predicted octanol–water partition coefficient (Wildman–Crippen LogP) is 1.96. The van der Waals surface area contributed by atoms with Gasteiger partial charge in [0, 0.05) is 38.6 Å². The lowest BCUT2D eigenvalue weighted by molar-refractivity contribution is -0.115. The van der Waals surface area contributed by atoms with E-state index in [0.29, 0.717) is 12.5 Å². The highest BCUT2D eigenvalue weighted by molar-refractivity contribution is 5.93. The summed E-state index contributed by atoms with van der Waals surface area (Å²) in [6.07, 6.45) is 4.12. The number of hydrogen-bond acceptors (Lipinski definition) is 4. The largest absolute Gasteiger partial charge is 0.497 e. The number of methoxy groups -OCH3 is 1. The van der Waals surface area contributed by atoms with Crippen LogP contribution in [-0.4, -0.2) is 50.0 Å². The van der Waals surface area contributed by atoms with Crippen molar-refractivity contribution < 1.29 is 9.53 Å². The molecule has 1 N–H and O–H groups in total. The molecule has 1 atom stereocenters. The van der Waals surface area contributed by atoms with E-state index < -0.39 is 0 Å². The highest BCUT2D eigenvalue weighted by atomic mass is 16.5.